The molecule has 0 aliphatic carbocycles. The molecule has 2 rings (SSSR count). The first kappa shape index (κ1) is 14.1. The summed E-state index contributed by atoms with van der Waals surface area (Å²) in [6.45, 7) is 2.21. The summed E-state index contributed by atoms with van der Waals surface area (Å²) in [7, 11) is 0. The molecule has 2 heterocycles. The molecule has 0 radical (unpaired) electrons. The van der Waals surface area contributed by atoms with E-state index in [0.29, 0.717) is 12.2 Å². The van der Waals surface area contributed by atoms with Crippen molar-refractivity contribution in [3.05, 3.63) is 34.3 Å². The van der Waals surface area contributed by atoms with Gasteiger partial charge in [-0.3, -0.25) is 9.48 Å². The zero-order valence-corrected chi connectivity index (χ0v) is 11.6. The van der Waals surface area contributed by atoms with E-state index in [-0.39, 0.29) is 12.6 Å². The van der Waals surface area contributed by atoms with Crippen LogP contribution in [0.2, 0.25) is 0 Å². The minimum Gasteiger partial charge on any atom is -0.480 e. The molecular formula is C12H14N4O3S. The van der Waals surface area contributed by atoms with Crippen molar-refractivity contribution in [2.45, 2.75) is 20.0 Å². The zero-order chi connectivity index (χ0) is 14.5. The summed E-state index contributed by atoms with van der Waals surface area (Å²) in [6.07, 6.45) is 2.86. The van der Waals surface area contributed by atoms with E-state index in [1.54, 1.807) is 11.3 Å². The van der Waals surface area contributed by atoms with Gasteiger partial charge in [-0.2, -0.15) is 5.10 Å². The molecule has 0 unspecified atom stereocenters. The Hall–Kier alpha value is -2.35. The van der Waals surface area contributed by atoms with Gasteiger partial charge in [-0.25, -0.2) is 4.79 Å². The highest BCUT2D eigenvalue weighted by atomic mass is 32.1. The SMILES string of the molecule is Cc1ccsc1CNC(=O)Nc1cnn(CC(=O)O)c1. The van der Waals surface area contributed by atoms with Crippen molar-refractivity contribution in [3.8, 4) is 0 Å². The van der Waals surface area contributed by atoms with E-state index in [1.165, 1.54) is 17.1 Å². The summed E-state index contributed by atoms with van der Waals surface area (Å²) >= 11 is 1.58. The van der Waals surface area contributed by atoms with Gasteiger partial charge in [-0.15, -0.1) is 11.3 Å². The molecule has 2 aromatic heterocycles. The van der Waals surface area contributed by atoms with Crippen molar-refractivity contribution < 1.29 is 14.7 Å². The summed E-state index contributed by atoms with van der Waals surface area (Å²) in [5.74, 6) is -0.989. The molecule has 0 saturated carbocycles. The van der Waals surface area contributed by atoms with Crippen LogP contribution in [0, 0.1) is 6.92 Å². The van der Waals surface area contributed by atoms with Crippen LogP contribution >= 0.6 is 11.3 Å². The first-order valence-corrected chi connectivity index (χ1v) is 6.74. The molecule has 8 heteroatoms. The second-order valence-corrected chi connectivity index (χ2v) is 5.16. The number of aliphatic carboxylic acids is 1. The molecule has 0 spiro atoms. The average molecular weight is 294 g/mol. The summed E-state index contributed by atoms with van der Waals surface area (Å²) in [5, 5.41) is 19.7. The minimum absolute atomic E-state index is 0.238. The Labute approximate surface area is 119 Å². The van der Waals surface area contributed by atoms with Crippen molar-refractivity contribution in [2.75, 3.05) is 5.32 Å². The molecule has 0 fully saturated rings. The van der Waals surface area contributed by atoms with Crippen LogP contribution in [0.15, 0.2) is 23.8 Å². The molecule has 0 aliphatic rings. The minimum atomic E-state index is -0.989. The maximum absolute atomic E-state index is 11.7. The normalized spacial score (nSPS) is 10.2. The van der Waals surface area contributed by atoms with Gasteiger partial charge in [0.2, 0.25) is 0 Å². The van der Waals surface area contributed by atoms with Gasteiger partial charge in [0.1, 0.15) is 6.54 Å². The number of hydrogen-bond acceptors (Lipinski definition) is 4. The monoisotopic (exact) mass is 294 g/mol. The van der Waals surface area contributed by atoms with Crippen molar-refractivity contribution in [2.24, 2.45) is 0 Å². The third kappa shape index (κ3) is 3.82. The Morgan fingerprint density at radius 2 is 2.30 bits per heavy atom. The van der Waals surface area contributed by atoms with Gasteiger partial charge in [-0.1, -0.05) is 0 Å². The zero-order valence-electron chi connectivity index (χ0n) is 10.8. The van der Waals surface area contributed by atoms with Crippen molar-refractivity contribution in [1.82, 2.24) is 15.1 Å². The lowest BCUT2D eigenvalue weighted by Gasteiger charge is -2.05. The summed E-state index contributed by atoms with van der Waals surface area (Å²) in [4.78, 5) is 23.3. The van der Waals surface area contributed by atoms with Crippen molar-refractivity contribution >= 4 is 29.0 Å². The predicted octanol–water partition coefficient (Wildman–Crippen LogP) is 1.66. The van der Waals surface area contributed by atoms with E-state index in [2.05, 4.69) is 15.7 Å². The van der Waals surface area contributed by atoms with Crippen LogP contribution in [0.25, 0.3) is 0 Å². The lowest BCUT2D eigenvalue weighted by molar-refractivity contribution is -0.137. The molecule has 3 N–H and O–H groups in total. The maximum atomic E-state index is 11.7. The number of aryl methyl sites for hydroxylation is 1. The van der Waals surface area contributed by atoms with Crippen LogP contribution in [-0.2, 0) is 17.9 Å². The van der Waals surface area contributed by atoms with Gasteiger partial charge < -0.3 is 15.7 Å². The van der Waals surface area contributed by atoms with E-state index >= 15 is 0 Å². The van der Waals surface area contributed by atoms with Crippen LogP contribution in [-0.4, -0.2) is 26.9 Å². The summed E-state index contributed by atoms with van der Waals surface area (Å²) in [6, 6.07) is 1.64. The molecular weight excluding hydrogens is 280 g/mol. The number of thiophene rings is 1. The van der Waals surface area contributed by atoms with Crippen molar-refractivity contribution in [3.63, 3.8) is 0 Å². The fourth-order valence-corrected chi connectivity index (χ4v) is 2.42. The molecule has 0 aromatic carbocycles. The van der Waals surface area contributed by atoms with E-state index in [4.69, 9.17) is 5.11 Å². The van der Waals surface area contributed by atoms with Gasteiger partial charge >= 0.3 is 12.0 Å². The van der Waals surface area contributed by atoms with Crippen molar-refractivity contribution in [1.29, 1.82) is 0 Å². The lowest BCUT2D eigenvalue weighted by Crippen LogP contribution is -2.27. The predicted molar refractivity (Wildman–Crippen MR) is 74.8 cm³/mol. The standard InChI is InChI=1S/C12H14N4O3S/c1-8-2-3-20-10(8)5-13-12(19)15-9-4-14-16(6-9)7-11(17)18/h2-4,6H,5,7H2,1H3,(H,17,18)(H2,13,15,19). The average Bonchev–Trinajstić information content (AvgIpc) is 2.96. The molecule has 0 aliphatic heterocycles. The molecule has 2 aromatic rings. The number of hydrogen-bond donors (Lipinski definition) is 3. The van der Waals surface area contributed by atoms with Gasteiger partial charge in [0.05, 0.1) is 18.4 Å². The molecule has 0 saturated heterocycles. The number of carbonyl (C=O) groups excluding carboxylic acids is 1. The Morgan fingerprint density at radius 1 is 1.50 bits per heavy atom. The summed E-state index contributed by atoms with van der Waals surface area (Å²) < 4.78 is 1.24. The number of amides is 2. The number of urea groups is 1. The second-order valence-electron chi connectivity index (χ2n) is 4.15. The number of carbonyl (C=O) groups is 2. The molecule has 2 amide bonds. The third-order valence-electron chi connectivity index (χ3n) is 2.57. The van der Waals surface area contributed by atoms with E-state index in [9.17, 15) is 9.59 Å². The van der Waals surface area contributed by atoms with E-state index in [0.717, 1.165) is 10.4 Å². The second kappa shape index (κ2) is 6.20. The smallest absolute Gasteiger partial charge is 0.325 e. The molecule has 0 bridgehead atoms. The molecule has 7 nitrogen and oxygen atoms in total. The van der Waals surface area contributed by atoms with Gasteiger partial charge in [0, 0.05) is 11.1 Å². The van der Waals surface area contributed by atoms with Crippen LogP contribution in [0.5, 0.6) is 0 Å². The fraction of sp³-hybridized carbons (Fsp3) is 0.250. The van der Waals surface area contributed by atoms with E-state index < -0.39 is 5.97 Å². The number of nitrogens with zero attached hydrogens (tertiary/aromatic N) is 2. The summed E-state index contributed by atoms with van der Waals surface area (Å²) in [5.41, 5.74) is 1.59. The largest absolute Gasteiger partial charge is 0.480 e. The van der Waals surface area contributed by atoms with Crippen LogP contribution in [0.1, 0.15) is 10.4 Å². The highest BCUT2D eigenvalue weighted by molar-refractivity contribution is 7.10. The first-order chi connectivity index (χ1) is 9.54. The van der Waals surface area contributed by atoms with Gasteiger partial charge in [0.25, 0.3) is 0 Å². The number of carboxylic acid groups (broad SMARTS) is 1. The van der Waals surface area contributed by atoms with Crippen LogP contribution in [0.4, 0.5) is 10.5 Å². The molecule has 0 atom stereocenters. The molecule has 106 valence electrons. The highest BCUT2D eigenvalue weighted by Crippen LogP contribution is 2.14. The lowest BCUT2D eigenvalue weighted by atomic mass is 10.3. The molecule has 20 heavy (non-hydrogen) atoms. The fourth-order valence-electron chi connectivity index (χ4n) is 1.57. The van der Waals surface area contributed by atoms with Crippen LogP contribution in [0.3, 0.4) is 0 Å². The number of carboxylic acids is 1. The Balaban J connectivity index is 1.84. The Morgan fingerprint density at radius 3 is 2.95 bits per heavy atom. The quantitative estimate of drug-likeness (QED) is 0.781. The third-order valence-corrected chi connectivity index (χ3v) is 3.59. The number of aromatic nitrogens is 2. The first-order valence-electron chi connectivity index (χ1n) is 5.86. The Kier molecular flexibility index (Phi) is 4.36. The van der Waals surface area contributed by atoms with Gasteiger partial charge in [-0.05, 0) is 23.9 Å². The Bertz CT molecular complexity index is 620. The number of anilines is 1. The number of nitrogens with one attached hydrogen (secondary N) is 2. The number of rotatable bonds is 5. The van der Waals surface area contributed by atoms with Crippen LogP contribution < -0.4 is 10.6 Å². The maximum Gasteiger partial charge on any atom is 0.325 e. The topological polar surface area (TPSA) is 96.3 Å². The van der Waals surface area contributed by atoms with Gasteiger partial charge in [0.15, 0.2) is 0 Å². The highest BCUT2D eigenvalue weighted by Gasteiger charge is 2.07. The van der Waals surface area contributed by atoms with E-state index in [1.807, 2.05) is 18.4 Å².